The molecule has 3 aromatic carbocycles. The van der Waals surface area contributed by atoms with E-state index in [1.54, 1.807) is 7.11 Å². The molecule has 0 aliphatic heterocycles. The van der Waals surface area contributed by atoms with Gasteiger partial charge in [0.15, 0.2) is 0 Å². The number of hydrogen-bond donors (Lipinski definition) is 1. The Balaban J connectivity index is 2.11. The molecule has 0 saturated carbocycles. The highest BCUT2D eigenvalue weighted by atomic mass is 31.2. The number of para-hydroxylation sites is 1. The van der Waals surface area contributed by atoms with Crippen LogP contribution in [0, 0.1) is 5.92 Å². The Morgan fingerprint density at radius 2 is 1.53 bits per heavy atom. The summed E-state index contributed by atoms with van der Waals surface area (Å²) >= 11 is 0. The van der Waals surface area contributed by atoms with Crippen molar-refractivity contribution < 1.29 is 13.8 Å². The van der Waals surface area contributed by atoms with Gasteiger partial charge in [-0.1, -0.05) is 44.2 Å². The number of ether oxygens (including phenoxy) is 1. The van der Waals surface area contributed by atoms with Gasteiger partial charge in [0.05, 0.1) is 13.7 Å². The van der Waals surface area contributed by atoms with Gasteiger partial charge in [0.25, 0.3) is 7.37 Å². The van der Waals surface area contributed by atoms with Crippen molar-refractivity contribution in [2.24, 2.45) is 5.92 Å². The SMILES string of the molecule is COc1ccc([C@H](Nc2ccccc2)[P@](=O)(OCC(C)C)c2ccc(N(C)C)cc2)cc1. The lowest BCUT2D eigenvalue weighted by Crippen LogP contribution is -2.22. The summed E-state index contributed by atoms with van der Waals surface area (Å²) in [5.74, 6) is 0.442. The maximum atomic E-state index is 14.7. The van der Waals surface area contributed by atoms with Crippen molar-refractivity contribution in [2.45, 2.75) is 19.6 Å². The second kappa shape index (κ2) is 10.7. The van der Waals surface area contributed by atoms with Crippen LogP contribution in [-0.2, 0) is 9.09 Å². The third kappa shape index (κ3) is 5.73. The molecule has 5 nitrogen and oxygen atoms in total. The highest BCUT2D eigenvalue weighted by Gasteiger charge is 2.38. The van der Waals surface area contributed by atoms with Gasteiger partial charge in [0.2, 0.25) is 0 Å². The van der Waals surface area contributed by atoms with Crippen molar-refractivity contribution in [1.29, 1.82) is 0 Å². The summed E-state index contributed by atoms with van der Waals surface area (Å²) in [6, 6.07) is 25.3. The Labute approximate surface area is 191 Å². The number of methoxy groups -OCH3 is 1. The van der Waals surface area contributed by atoms with Crippen LogP contribution >= 0.6 is 7.37 Å². The first-order valence-corrected chi connectivity index (χ1v) is 12.5. The maximum Gasteiger partial charge on any atom is 0.258 e. The predicted octanol–water partition coefficient (Wildman–Crippen LogP) is 6.15. The van der Waals surface area contributed by atoms with Gasteiger partial charge in [0, 0.05) is 30.8 Å². The van der Waals surface area contributed by atoms with Crippen molar-refractivity contribution in [1.82, 2.24) is 0 Å². The highest BCUT2D eigenvalue weighted by molar-refractivity contribution is 7.67. The summed E-state index contributed by atoms with van der Waals surface area (Å²) in [6.07, 6.45) is 0. The minimum Gasteiger partial charge on any atom is -0.497 e. The fraction of sp³-hybridized carbons (Fsp3) is 0.308. The Kier molecular flexibility index (Phi) is 8.00. The maximum absolute atomic E-state index is 14.7. The Bertz CT molecular complexity index is 1020. The van der Waals surface area contributed by atoms with E-state index in [2.05, 4.69) is 19.2 Å². The molecule has 0 spiro atoms. The Hall–Kier alpha value is -2.75. The summed E-state index contributed by atoms with van der Waals surface area (Å²) in [4.78, 5) is 2.02. The standard InChI is InChI=1S/C26H33N2O3P/c1-20(2)19-31-32(29,25-17-13-23(14-18-25)28(3)4)26(27-22-9-7-6-8-10-22)21-11-15-24(30-5)16-12-21/h6-18,20,26-27H,19H2,1-5H3/t26-,32-/m1/s1. The zero-order valence-corrected chi connectivity index (χ0v) is 20.4. The molecule has 3 rings (SSSR count). The molecule has 0 heterocycles. The van der Waals surface area contributed by atoms with E-state index in [1.165, 1.54) is 0 Å². The highest BCUT2D eigenvalue weighted by Crippen LogP contribution is 2.59. The third-order valence-corrected chi connectivity index (χ3v) is 7.83. The molecule has 0 aliphatic rings. The Morgan fingerprint density at radius 3 is 2.06 bits per heavy atom. The van der Waals surface area contributed by atoms with E-state index in [-0.39, 0.29) is 5.92 Å². The third-order valence-electron chi connectivity index (χ3n) is 5.17. The molecule has 0 bridgehead atoms. The molecular weight excluding hydrogens is 419 g/mol. The van der Waals surface area contributed by atoms with E-state index in [0.29, 0.717) is 11.9 Å². The summed E-state index contributed by atoms with van der Waals surface area (Å²) in [5, 5.41) is 4.18. The first-order valence-electron chi connectivity index (χ1n) is 10.8. The van der Waals surface area contributed by atoms with Crippen molar-refractivity contribution in [2.75, 3.05) is 38.0 Å². The molecule has 6 heteroatoms. The average Bonchev–Trinajstić information content (AvgIpc) is 2.82. The molecule has 0 fully saturated rings. The fourth-order valence-electron chi connectivity index (χ4n) is 3.36. The smallest absolute Gasteiger partial charge is 0.258 e. The van der Waals surface area contributed by atoms with Crippen LogP contribution in [-0.4, -0.2) is 27.8 Å². The number of anilines is 2. The number of nitrogens with one attached hydrogen (secondary N) is 1. The molecule has 3 aromatic rings. The lowest BCUT2D eigenvalue weighted by molar-refractivity contribution is 0.272. The summed E-state index contributed by atoms with van der Waals surface area (Å²) < 4.78 is 26.3. The van der Waals surface area contributed by atoms with Crippen LogP contribution in [0.3, 0.4) is 0 Å². The first kappa shape index (κ1) is 23.9. The van der Waals surface area contributed by atoms with Gasteiger partial charge in [-0.15, -0.1) is 0 Å². The van der Waals surface area contributed by atoms with Crippen LogP contribution < -0.4 is 20.3 Å². The van der Waals surface area contributed by atoms with Crippen LogP contribution in [0.25, 0.3) is 0 Å². The van der Waals surface area contributed by atoms with E-state index >= 15 is 0 Å². The van der Waals surface area contributed by atoms with Crippen molar-refractivity contribution in [3.8, 4) is 5.75 Å². The zero-order chi connectivity index (χ0) is 23.1. The van der Waals surface area contributed by atoms with Crippen molar-refractivity contribution in [3.05, 3.63) is 84.4 Å². The lowest BCUT2D eigenvalue weighted by atomic mass is 10.2. The summed E-state index contributed by atoms with van der Waals surface area (Å²) in [5.41, 5.74) is 2.80. The normalized spacial score (nSPS) is 13.9. The number of nitrogens with zero attached hydrogens (tertiary/aromatic N) is 1. The van der Waals surface area contributed by atoms with Crippen molar-refractivity contribution in [3.63, 3.8) is 0 Å². The fourth-order valence-corrected chi connectivity index (χ4v) is 5.92. The zero-order valence-electron chi connectivity index (χ0n) is 19.5. The van der Waals surface area contributed by atoms with Gasteiger partial charge in [-0.2, -0.15) is 0 Å². The monoisotopic (exact) mass is 452 g/mol. The lowest BCUT2D eigenvalue weighted by Gasteiger charge is -2.31. The van der Waals surface area contributed by atoms with Crippen LogP contribution in [0.4, 0.5) is 11.4 Å². The van der Waals surface area contributed by atoms with E-state index in [9.17, 15) is 4.57 Å². The second-order valence-electron chi connectivity index (χ2n) is 8.38. The molecular formula is C26H33N2O3P. The summed E-state index contributed by atoms with van der Waals surface area (Å²) in [6.45, 7) is 4.52. The average molecular weight is 453 g/mol. The van der Waals surface area contributed by atoms with Gasteiger partial charge in [0.1, 0.15) is 11.5 Å². The van der Waals surface area contributed by atoms with E-state index in [0.717, 1.165) is 22.7 Å². The van der Waals surface area contributed by atoms with E-state index in [1.807, 2.05) is 97.9 Å². The molecule has 0 aliphatic carbocycles. The van der Waals surface area contributed by atoms with Crippen LogP contribution in [0.15, 0.2) is 78.9 Å². The van der Waals surface area contributed by atoms with E-state index < -0.39 is 13.2 Å². The molecule has 0 aromatic heterocycles. The van der Waals surface area contributed by atoms with Gasteiger partial charge >= 0.3 is 0 Å². The van der Waals surface area contributed by atoms with Gasteiger partial charge in [-0.3, -0.25) is 4.57 Å². The molecule has 2 atom stereocenters. The summed E-state index contributed by atoms with van der Waals surface area (Å²) in [7, 11) is 2.24. The van der Waals surface area contributed by atoms with Gasteiger partial charge < -0.3 is 19.5 Å². The largest absolute Gasteiger partial charge is 0.497 e. The minimum atomic E-state index is -3.37. The molecule has 0 unspecified atom stereocenters. The number of benzene rings is 3. The van der Waals surface area contributed by atoms with Crippen LogP contribution in [0.2, 0.25) is 0 Å². The molecule has 0 amide bonds. The van der Waals surface area contributed by atoms with Gasteiger partial charge in [-0.05, 0) is 60.0 Å². The topological polar surface area (TPSA) is 50.8 Å². The first-order chi connectivity index (χ1) is 15.3. The quantitative estimate of drug-likeness (QED) is 0.374. The predicted molar refractivity (Wildman–Crippen MR) is 135 cm³/mol. The Morgan fingerprint density at radius 1 is 0.906 bits per heavy atom. The van der Waals surface area contributed by atoms with Crippen molar-refractivity contribution >= 4 is 24.0 Å². The molecule has 1 N–H and O–H groups in total. The van der Waals surface area contributed by atoms with Gasteiger partial charge in [-0.25, -0.2) is 0 Å². The second-order valence-corrected chi connectivity index (χ2v) is 10.9. The molecule has 32 heavy (non-hydrogen) atoms. The molecule has 0 radical (unpaired) electrons. The van der Waals surface area contributed by atoms with E-state index in [4.69, 9.17) is 9.26 Å². The molecule has 170 valence electrons. The molecule has 0 saturated heterocycles. The number of hydrogen-bond acceptors (Lipinski definition) is 5. The van der Waals surface area contributed by atoms with Crippen LogP contribution in [0.1, 0.15) is 25.2 Å². The van der Waals surface area contributed by atoms with Crippen LogP contribution in [0.5, 0.6) is 5.75 Å². The minimum absolute atomic E-state index is 0.248. The number of rotatable bonds is 10.